The molecular weight excluding hydrogens is 462 g/mol. The van der Waals surface area contributed by atoms with Crippen LogP contribution >= 0.6 is 11.6 Å². The molecule has 184 valence electrons. The molecule has 9 heteroatoms. The largest absolute Gasteiger partial charge is 0.393 e. The van der Waals surface area contributed by atoms with E-state index in [0.29, 0.717) is 17.0 Å². The van der Waals surface area contributed by atoms with Crippen LogP contribution in [0.1, 0.15) is 43.0 Å². The van der Waals surface area contributed by atoms with E-state index in [1.54, 1.807) is 18.2 Å². The monoisotopic (exact) mass is 491 g/mol. The highest BCUT2D eigenvalue weighted by molar-refractivity contribution is 6.31. The van der Waals surface area contributed by atoms with E-state index in [2.05, 4.69) is 5.16 Å². The number of aliphatic hydroxyl groups excluding tert-OH is 4. The number of halogens is 1. The summed E-state index contributed by atoms with van der Waals surface area (Å²) in [4.78, 5) is 5.31. The van der Waals surface area contributed by atoms with Crippen LogP contribution in [0.15, 0.2) is 47.6 Å². The molecule has 2 aromatic carbocycles. The summed E-state index contributed by atoms with van der Waals surface area (Å²) >= 11 is 6.47. The van der Waals surface area contributed by atoms with Crippen molar-refractivity contribution in [3.8, 4) is 0 Å². The summed E-state index contributed by atoms with van der Waals surface area (Å²) in [6.07, 6.45) is -4.11. The first-order valence-corrected chi connectivity index (χ1v) is 11.6. The maximum atomic E-state index is 10.8. The van der Waals surface area contributed by atoms with Gasteiger partial charge in [-0.1, -0.05) is 47.1 Å². The standard InChI is InChI=1S/C25H30ClNO7/c1-14(2)33-27-15(3)17-6-4-16(5-7-17)10-18-11-19(8-9-20(18)26)25-23(31)21(29)22(30)24(12-28,34-25)13-32-25/h4-9,11,14,21-23,28-31H,10,12-13H2,1-3H3/b27-15+/t21-,22-,23+,24-,25-/m0/s1. The topological polar surface area (TPSA) is 121 Å². The summed E-state index contributed by atoms with van der Waals surface area (Å²) in [7, 11) is 0. The highest BCUT2D eigenvalue weighted by atomic mass is 35.5. The van der Waals surface area contributed by atoms with Gasteiger partial charge in [-0.2, -0.15) is 0 Å². The molecule has 2 aliphatic rings. The molecule has 0 radical (unpaired) electrons. The number of hydrogen-bond acceptors (Lipinski definition) is 8. The zero-order valence-corrected chi connectivity index (χ0v) is 20.1. The molecule has 4 rings (SSSR count). The molecule has 0 unspecified atom stereocenters. The quantitative estimate of drug-likeness (QED) is 0.346. The van der Waals surface area contributed by atoms with Gasteiger partial charge in [-0.25, -0.2) is 0 Å². The van der Waals surface area contributed by atoms with Gasteiger partial charge >= 0.3 is 0 Å². The van der Waals surface area contributed by atoms with Gasteiger partial charge in [0.15, 0.2) is 0 Å². The summed E-state index contributed by atoms with van der Waals surface area (Å²) in [5.41, 5.74) is 2.38. The maximum absolute atomic E-state index is 10.8. The molecule has 4 N–H and O–H groups in total. The van der Waals surface area contributed by atoms with Crippen LogP contribution in [0.2, 0.25) is 5.02 Å². The van der Waals surface area contributed by atoms with Crippen LogP contribution in [0.25, 0.3) is 0 Å². The number of fused-ring (bicyclic) bond motifs is 2. The third kappa shape index (κ3) is 4.35. The predicted octanol–water partition coefficient (Wildman–Crippen LogP) is 2.11. The highest BCUT2D eigenvalue weighted by Gasteiger charge is 2.67. The van der Waals surface area contributed by atoms with Gasteiger partial charge in [0.2, 0.25) is 5.79 Å². The molecule has 0 spiro atoms. The molecule has 2 saturated heterocycles. The Morgan fingerprint density at radius 3 is 2.50 bits per heavy atom. The number of rotatable bonds is 7. The van der Waals surface area contributed by atoms with Crippen LogP contribution in [0.3, 0.4) is 0 Å². The third-order valence-electron chi connectivity index (χ3n) is 6.34. The summed E-state index contributed by atoms with van der Waals surface area (Å²) in [6.45, 7) is 4.96. The first kappa shape index (κ1) is 25.1. The number of oxime groups is 1. The fourth-order valence-corrected chi connectivity index (χ4v) is 4.51. The van der Waals surface area contributed by atoms with Crippen molar-refractivity contribution in [2.75, 3.05) is 13.2 Å². The van der Waals surface area contributed by atoms with Crippen LogP contribution in [0.4, 0.5) is 0 Å². The fraction of sp³-hybridized carbons (Fsp3) is 0.480. The average molecular weight is 492 g/mol. The van der Waals surface area contributed by atoms with Crippen molar-refractivity contribution in [3.63, 3.8) is 0 Å². The van der Waals surface area contributed by atoms with Gasteiger partial charge in [0.1, 0.15) is 30.0 Å². The van der Waals surface area contributed by atoms with Crippen molar-refractivity contribution < 1.29 is 34.7 Å². The van der Waals surface area contributed by atoms with Gasteiger partial charge in [-0.3, -0.25) is 0 Å². The summed E-state index contributed by atoms with van der Waals surface area (Å²) in [5.74, 6) is -1.73. The summed E-state index contributed by atoms with van der Waals surface area (Å²) in [5, 5.41) is 46.0. The Hall–Kier alpha value is -2.04. The maximum Gasteiger partial charge on any atom is 0.225 e. The van der Waals surface area contributed by atoms with Crippen LogP contribution in [-0.2, 0) is 26.5 Å². The lowest BCUT2D eigenvalue weighted by Gasteiger charge is -2.46. The minimum atomic E-state index is -1.73. The molecule has 2 aromatic rings. The Morgan fingerprint density at radius 2 is 1.85 bits per heavy atom. The molecule has 0 aromatic heterocycles. The van der Waals surface area contributed by atoms with Crippen LogP contribution in [0, 0.1) is 0 Å². The van der Waals surface area contributed by atoms with E-state index in [9.17, 15) is 20.4 Å². The second-order valence-electron chi connectivity index (χ2n) is 9.17. The van der Waals surface area contributed by atoms with Crippen molar-refractivity contribution >= 4 is 17.3 Å². The van der Waals surface area contributed by atoms with Gasteiger partial charge < -0.3 is 34.7 Å². The Balaban J connectivity index is 1.59. The van der Waals surface area contributed by atoms with Crippen LogP contribution in [0.5, 0.6) is 0 Å². The smallest absolute Gasteiger partial charge is 0.225 e. The number of aliphatic hydroxyl groups is 4. The molecule has 0 amide bonds. The number of nitrogens with zero attached hydrogens (tertiary/aromatic N) is 1. The molecule has 2 aliphatic heterocycles. The van der Waals surface area contributed by atoms with E-state index in [1.165, 1.54) is 0 Å². The third-order valence-corrected chi connectivity index (χ3v) is 6.71. The first-order chi connectivity index (χ1) is 16.1. The molecule has 0 saturated carbocycles. The lowest BCUT2D eigenvalue weighted by atomic mass is 9.83. The van der Waals surface area contributed by atoms with Gasteiger partial charge in [0.05, 0.1) is 18.9 Å². The first-order valence-electron chi connectivity index (χ1n) is 11.2. The Labute approximate surface area is 203 Å². The summed E-state index contributed by atoms with van der Waals surface area (Å²) < 4.78 is 11.7. The second-order valence-corrected chi connectivity index (χ2v) is 9.58. The van der Waals surface area contributed by atoms with Crippen molar-refractivity contribution in [2.24, 2.45) is 5.16 Å². The molecule has 34 heavy (non-hydrogen) atoms. The molecule has 2 heterocycles. The van der Waals surface area contributed by atoms with Crippen molar-refractivity contribution in [3.05, 3.63) is 69.7 Å². The normalized spacial score (nSPS) is 31.2. The molecular formula is C25H30ClNO7. The van der Waals surface area contributed by atoms with Crippen molar-refractivity contribution in [2.45, 2.75) is 63.0 Å². The molecule has 5 atom stereocenters. The minimum Gasteiger partial charge on any atom is -0.393 e. The second kappa shape index (κ2) is 9.54. The highest BCUT2D eigenvalue weighted by Crippen LogP contribution is 2.49. The Bertz CT molecular complexity index is 1060. The van der Waals surface area contributed by atoms with E-state index >= 15 is 0 Å². The Morgan fingerprint density at radius 1 is 1.15 bits per heavy atom. The Kier molecular flexibility index (Phi) is 7.04. The van der Waals surface area contributed by atoms with Crippen LogP contribution in [-0.4, -0.2) is 69.4 Å². The van der Waals surface area contributed by atoms with E-state index in [-0.39, 0.29) is 12.7 Å². The average Bonchev–Trinajstić information content (AvgIpc) is 3.22. The van der Waals surface area contributed by atoms with Crippen molar-refractivity contribution in [1.29, 1.82) is 0 Å². The van der Waals surface area contributed by atoms with E-state index in [0.717, 1.165) is 22.4 Å². The number of ether oxygens (including phenoxy) is 2. The zero-order valence-electron chi connectivity index (χ0n) is 19.3. The predicted molar refractivity (Wildman–Crippen MR) is 126 cm³/mol. The van der Waals surface area contributed by atoms with Gasteiger partial charge in [-0.05, 0) is 56.0 Å². The molecule has 0 aliphatic carbocycles. The van der Waals surface area contributed by atoms with Crippen molar-refractivity contribution in [1.82, 2.24) is 0 Å². The van der Waals surface area contributed by atoms with Gasteiger partial charge in [-0.15, -0.1) is 0 Å². The lowest BCUT2D eigenvalue weighted by molar-refractivity contribution is -0.329. The van der Waals surface area contributed by atoms with Crippen LogP contribution < -0.4 is 0 Å². The minimum absolute atomic E-state index is 0.00512. The zero-order chi connectivity index (χ0) is 24.7. The lowest BCUT2D eigenvalue weighted by Crippen LogP contribution is -2.65. The number of benzene rings is 2. The molecule has 2 fully saturated rings. The fourth-order valence-electron chi connectivity index (χ4n) is 4.32. The summed E-state index contributed by atoms with van der Waals surface area (Å²) in [6, 6.07) is 12.9. The molecule has 8 nitrogen and oxygen atoms in total. The van der Waals surface area contributed by atoms with E-state index < -0.39 is 36.3 Å². The van der Waals surface area contributed by atoms with E-state index in [1.807, 2.05) is 45.0 Å². The van der Waals surface area contributed by atoms with Gasteiger partial charge in [0, 0.05) is 10.6 Å². The SMILES string of the molecule is C/C(=N\OC(C)C)c1ccc(Cc2cc([C@]34OC[C@](CO)(O3)[C@@H](O)[C@H](O)[C@H]4O)ccc2Cl)cc1. The van der Waals surface area contributed by atoms with E-state index in [4.69, 9.17) is 25.9 Å². The molecule has 2 bridgehead atoms. The van der Waals surface area contributed by atoms with Gasteiger partial charge in [0.25, 0.3) is 0 Å². The number of hydrogen-bond donors (Lipinski definition) is 4.